The first-order valence-corrected chi connectivity index (χ1v) is 7.86. The number of fused-ring (bicyclic) bond motifs is 3. The fourth-order valence-corrected chi connectivity index (χ4v) is 3.51. The number of quaternary nitrogens is 1. The maximum Gasteiger partial charge on any atom is 0.306 e. The molecule has 0 bridgehead atoms. The van der Waals surface area contributed by atoms with E-state index in [9.17, 15) is 4.79 Å². The number of nitrogens with one attached hydrogen (secondary N) is 1. The summed E-state index contributed by atoms with van der Waals surface area (Å²) >= 11 is 0. The second kappa shape index (κ2) is 6.41. The van der Waals surface area contributed by atoms with Gasteiger partial charge in [0.1, 0.15) is 5.69 Å². The van der Waals surface area contributed by atoms with Crippen molar-refractivity contribution in [3.8, 4) is 0 Å². The largest absolute Gasteiger partial charge is 0.358 e. The van der Waals surface area contributed by atoms with Crippen LogP contribution in [0.1, 0.15) is 31.5 Å². The molecule has 1 aromatic carbocycles. The van der Waals surface area contributed by atoms with Gasteiger partial charge in [-0.25, -0.2) is 9.28 Å². The quantitative estimate of drug-likeness (QED) is 0.671. The summed E-state index contributed by atoms with van der Waals surface area (Å²) in [7, 11) is 0. The standard InChI is InChI=1S/C17H24N3O.ClH/c1-3-20(4-2,11-21)13-6-8-17-15(10-13)14-9-12(18)5-7-16(14)19-17;/h6,8,10-12,19H,3-5,7,9,18H2,1-2H3;1H/q+1;. The van der Waals surface area contributed by atoms with Gasteiger partial charge in [-0.1, -0.05) is 0 Å². The zero-order valence-corrected chi connectivity index (χ0v) is 14.1. The van der Waals surface area contributed by atoms with Crippen molar-refractivity contribution in [2.24, 2.45) is 5.73 Å². The number of benzene rings is 1. The van der Waals surface area contributed by atoms with Crippen molar-refractivity contribution in [1.82, 2.24) is 9.47 Å². The smallest absolute Gasteiger partial charge is 0.306 e. The number of amides is 1. The molecule has 0 saturated heterocycles. The van der Waals surface area contributed by atoms with E-state index in [4.69, 9.17) is 5.73 Å². The van der Waals surface area contributed by atoms with Gasteiger partial charge in [0.2, 0.25) is 0 Å². The van der Waals surface area contributed by atoms with Crippen molar-refractivity contribution >= 4 is 35.4 Å². The van der Waals surface area contributed by atoms with Gasteiger partial charge in [0.05, 0.1) is 13.1 Å². The normalized spacial score (nSPS) is 17.9. The van der Waals surface area contributed by atoms with E-state index in [2.05, 4.69) is 37.0 Å². The highest BCUT2D eigenvalue weighted by Crippen LogP contribution is 2.33. The van der Waals surface area contributed by atoms with E-state index in [-0.39, 0.29) is 18.4 Å². The van der Waals surface area contributed by atoms with Crippen LogP contribution in [0.2, 0.25) is 0 Å². The fraction of sp³-hybridized carbons (Fsp3) is 0.471. The minimum absolute atomic E-state index is 0. The van der Waals surface area contributed by atoms with Crippen molar-refractivity contribution in [1.29, 1.82) is 0 Å². The van der Waals surface area contributed by atoms with Crippen LogP contribution in [0.15, 0.2) is 18.2 Å². The van der Waals surface area contributed by atoms with Crippen molar-refractivity contribution in [2.45, 2.75) is 39.2 Å². The monoisotopic (exact) mass is 322 g/mol. The second-order valence-corrected chi connectivity index (χ2v) is 6.09. The highest BCUT2D eigenvalue weighted by Gasteiger charge is 2.28. The van der Waals surface area contributed by atoms with E-state index in [0.717, 1.165) is 50.0 Å². The molecule has 1 atom stereocenters. The third-order valence-electron chi connectivity index (χ3n) is 5.05. The van der Waals surface area contributed by atoms with E-state index >= 15 is 0 Å². The van der Waals surface area contributed by atoms with Crippen LogP contribution in [0.4, 0.5) is 5.69 Å². The summed E-state index contributed by atoms with van der Waals surface area (Å²) in [6.07, 6.45) is 4.06. The Morgan fingerprint density at radius 1 is 1.36 bits per heavy atom. The lowest BCUT2D eigenvalue weighted by atomic mass is 9.92. The van der Waals surface area contributed by atoms with Crippen LogP contribution in [-0.2, 0) is 17.6 Å². The number of hydrogen-bond acceptors (Lipinski definition) is 2. The Balaban J connectivity index is 0.00000176. The molecule has 2 aromatic rings. The molecule has 1 amide bonds. The summed E-state index contributed by atoms with van der Waals surface area (Å²) < 4.78 is 0.377. The number of carbonyl (C=O) groups is 1. The minimum Gasteiger partial charge on any atom is -0.358 e. The minimum atomic E-state index is 0. The van der Waals surface area contributed by atoms with Crippen LogP contribution in [0.5, 0.6) is 0 Å². The first-order valence-electron chi connectivity index (χ1n) is 7.86. The van der Waals surface area contributed by atoms with E-state index in [0.29, 0.717) is 4.48 Å². The van der Waals surface area contributed by atoms with Crippen molar-refractivity contribution in [3.05, 3.63) is 29.5 Å². The summed E-state index contributed by atoms with van der Waals surface area (Å²) in [5, 5.41) is 1.24. The van der Waals surface area contributed by atoms with Gasteiger partial charge in [0.25, 0.3) is 0 Å². The number of H-pyrrole nitrogens is 1. The highest BCUT2D eigenvalue weighted by atomic mass is 35.5. The Hall–Kier alpha value is -1.36. The molecule has 1 unspecified atom stereocenters. The lowest BCUT2D eigenvalue weighted by Gasteiger charge is -2.29. The molecule has 3 N–H and O–H groups in total. The Bertz CT molecular complexity index is 676. The first-order chi connectivity index (χ1) is 10.1. The van der Waals surface area contributed by atoms with Crippen LogP contribution in [0, 0.1) is 0 Å². The number of aromatic nitrogens is 1. The van der Waals surface area contributed by atoms with Gasteiger partial charge in [-0.05, 0) is 44.7 Å². The zero-order valence-electron chi connectivity index (χ0n) is 13.3. The van der Waals surface area contributed by atoms with Gasteiger partial charge >= 0.3 is 6.41 Å². The molecule has 1 aliphatic rings. The van der Waals surface area contributed by atoms with E-state index < -0.39 is 0 Å². The average molecular weight is 323 g/mol. The van der Waals surface area contributed by atoms with Gasteiger partial charge < -0.3 is 10.7 Å². The Labute approximate surface area is 137 Å². The predicted molar refractivity (Wildman–Crippen MR) is 94.5 cm³/mol. The number of halogens is 1. The lowest BCUT2D eigenvalue weighted by molar-refractivity contribution is -0.117. The Morgan fingerprint density at radius 3 is 2.73 bits per heavy atom. The number of nitrogens with two attached hydrogens (primary N) is 1. The third-order valence-corrected chi connectivity index (χ3v) is 5.05. The average Bonchev–Trinajstić information content (AvgIpc) is 2.87. The molecule has 0 radical (unpaired) electrons. The summed E-state index contributed by atoms with van der Waals surface area (Å²) in [5.41, 5.74) is 11.0. The van der Waals surface area contributed by atoms with E-state index in [1.165, 1.54) is 16.6 Å². The fourth-order valence-electron chi connectivity index (χ4n) is 3.51. The van der Waals surface area contributed by atoms with Crippen LogP contribution in [-0.4, -0.2) is 30.5 Å². The van der Waals surface area contributed by atoms with Gasteiger partial charge in [-0.15, -0.1) is 12.4 Å². The third kappa shape index (κ3) is 2.56. The maximum absolute atomic E-state index is 11.6. The van der Waals surface area contributed by atoms with Crippen molar-refractivity contribution < 1.29 is 4.79 Å². The molecule has 120 valence electrons. The molecule has 0 aliphatic heterocycles. The number of carbonyl (C=O) groups excluding carboxylic acids is 1. The number of aromatic amines is 1. The summed E-state index contributed by atoms with van der Waals surface area (Å²) in [4.78, 5) is 15.2. The molecule has 1 heterocycles. The van der Waals surface area contributed by atoms with Crippen LogP contribution >= 0.6 is 12.4 Å². The predicted octanol–water partition coefficient (Wildman–Crippen LogP) is 2.91. The molecule has 0 saturated carbocycles. The summed E-state index contributed by atoms with van der Waals surface area (Å²) in [6.45, 7) is 5.67. The van der Waals surface area contributed by atoms with Crippen molar-refractivity contribution in [3.63, 3.8) is 0 Å². The summed E-state index contributed by atoms with van der Waals surface area (Å²) in [6, 6.07) is 6.62. The number of nitrogens with zero attached hydrogens (tertiary/aromatic N) is 1. The van der Waals surface area contributed by atoms with Gasteiger partial charge in [0, 0.05) is 34.8 Å². The maximum atomic E-state index is 11.6. The SMILES string of the molecule is CC[N+](C=O)(CC)c1ccc2[nH]c3c(c2c1)CC(N)CC3.Cl. The molecule has 1 aromatic heterocycles. The molecular weight excluding hydrogens is 298 g/mol. The molecule has 1 aliphatic carbocycles. The molecular formula is C17H25ClN3O+. The molecule has 22 heavy (non-hydrogen) atoms. The zero-order chi connectivity index (χ0) is 15.0. The number of aryl methyl sites for hydroxylation is 1. The second-order valence-electron chi connectivity index (χ2n) is 6.09. The molecule has 4 nitrogen and oxygen atoms in total. The van der Waals surface area contributed by atoms with Gasteiger partial charge in [-0.3, -0.25) is 0 Å². The topological polar surface area (TPSA) is 58.9 Å². The van der Waals surface area contributed by atoms with Crippen molar-refractivity contribution in [2.75, 3.05) is 13.1 Å². The van der Waals surface area contributed by atoms with Crippen LogP contribution in [0.25, 0.3) is 10.9 Å². The molecule has 0 spiro atoms. The number of hydrogen-bond donors (Lipinski definition) is 2. The van der Waals surface area contributed by atoms with Gasteiger partial charge in [-0.2, -0.15) is 0 Å². The van der Waals surface area contributed by atoms with Crippen LogP contribution < -0.4 is 10.2 Å². The molecule has 5 heteroatoms. The summed E-state index contributed by atoms with van der Waals surface area (Å²) in [5.74, 6) is 0. The molecule has 0 fully saturated rings. The Kier molecular flexibility index (Phi) is 4.95. The van der Waals surface area contributed by atoms with Gasteiger partial charge in [0.15, 0.2) is 0 Å². The van der Waals surface area contributed by atoms with E-state index in [1.807, 2.05) is 0 Å². The lowest BCUT2D eigenvalue weighted by Crippen LogP contribution is -2.47. The molecule has 3 rings (SSSR count). The Morgan fingerprint density at radius 2 is 2.09 bits per heavy atom. The number of rotatable bonds is 4. The van der Waals surface area contributed by atoms with Crippen LogP contribution in [0.3, 0.4) is 0 Å². The highest BCUT2D eigenvalue weighted by molar-refractivity contribution is 5.89. The first kappa shape index (κ1) is 17.0. The van der Waals surface area contributed by atoms with E-state index in [1.54, 1.807) is 0 Å².